The first-order valence-corrected chi connectivity index (χ1v) is 4.76. The van der Waals surface area contributed by atoms with Gasteiger partial charge in [0.15, 0.2) is 0 Å². The molecular weight excluding hydrogens is 154 g/mol. The maximum Gasteiger partial charge on any atom is 0.0607 e. The topological polar surface area (TPSA) is 52.5 Å². The van der Waals surface area contributed by atoms with Gasteiger partial charge < -0.3 is 15.5 Å². The first kappa shape index (κ1) is 11.9. The lowest BCUT2D eigenvalue weighted by atomic mass is 10.1. The van der Waals surface area contributed by atoms with Gasteiger partial charge in [0.25, 0.3) is 0 Å². The standard InChI is InChI=1S/C9H21NO2/c1-3-5-8(4-2)10-9(6-11)7-12/h8-12H,3-7H2,1-2H3. The molecule has 0 radical (unpaired) electrons. The molecule has 0 aliphatic heterocycles. The van der Waals surface area contributed by atoms with E-state index in [-0.39, 0.29) is 19.3 Å². The van der Waals surface area contributed by atoms with Crippen LogP contribution in [0.25, 0.3) is 0 Å². The Morgan fingerprint density at radius 3 is 2.00 bits per heavy atom. The van der Waals surface area contributed by atoms with Crippen molar-refractivity contribution < 1.29 is 10.2 Å². The van der Waals surface area contributed by atoms with Crippen molar-refractivity contribution in [2.45, 2.75) is 45.2 Å². The molecule has 3 heteroatoms. The molecule has 1 atom stereocenters. The van der Waals surface area contributed by atoms with Gasteiger partial charge in [-0.15, -0.1) is 0 Å². The fourth-order valence-corrected chi connectivity index (χ4v) is 1.25. The van der Waals surface area contributed by atoms with E-state index < -0.39 is 0 Å². The van der Waals surface area contributed by atoms with E-state index in [2.05, 4.69) is 19.2 Å². The van der Waals surface area contributed by atoms with E-state index in [9.17, 15) is 0 Å². The molecule has 1 unspecified atom stereocenters. The predicted molar refractivity (Wildman–Crippen MR) is 50.1 cm³/mol. The molecule has 3 nitrogen and oxygen atoms in total. The van der Waals surface area contributed by atoms with Gasteiger partial charge in [0.1, 0.15) is 0 Å². The number of hydrogen-bond donors (Lipinski definition) is 3. The largest absolute Gasteiger partial charge is 0.395 e. The minimum Gasteiger partial charge on any atom is -0.395 e. The second-order valence-electron chi connectivity index (χ2n) is 3.12. The van der Waals surface area contributed by atoms with Crippen LogP contribution in [0.2, 0.25) is 0 Å². The van der Waals surface area contributed by atoms with Crippen LogP contribution in [0.1, 0.15) is 33.1 Å². The molecule has 74 valence electrons. The van der Waals surface area contributed by atoms with Crippen molar-refractivity contribution in [3.05, 3.63) is 0 Å². The van der Waals surface area contributed by atoms with Gasteiger partial charge in [0, 0.05) is 6.04 Å². The lowest BCUT2D eigenvalue weighted by Crippen LogP contribution is -2.42. The molecule has 0 saturated carbocycles. The van der Waals surface area contributed by atoms with Crippen LogP contribution in [0.15, 0.2) is 0 Å². The van der Waals surface area contributed by atoms with Crippen molar-refractivity contribution in [3.8, 4) is 0 Å². The summed E-state index contributed by atoms with van der Waals surface area (Å²) < 4.78 is 0. The Morgan fingerprint density at radius 2 is 1.67 bits per heavy atom. The molecule has 0 aliphatic rings. The van der Waals surface area contributed by atoms with Crippen LogP contribution in [-0.2, 0) is 0 Å². The highest BCUT2D eigenvalue weighted by Gasteiger charge is 2.10. The lowest BCUT2D eigenvalue weighted by Gasteiger charge is -2.21. The molecule has 3 N–H and O–H groups in total. The molecule has 0 rings (SSSR count). The van der Waals surface area contributed by atoms with Crippen LogP contribution in [0.4, 0.5) is 0 Å². The Morgan fingerprint density at radius 1 is 1.08 bits per heavy atom. The van der Waals surface area contributed by atoms with Crippen LogP contribution in [-0.4, -0.2) is 35.5 Å². The van der Waals surface area contributed by atoms with Crippen molar-refractivity contribution in [3.63, 3.8) is 0 Å². The fourth-order valence-electron chi connectivity index (χ4n) is 1.25. The summed E-state index contributed by atoms with van der Waals surface area (Å²) >= 11 is 0. The third kappa shape index (κ3) is 4.70. The average molecular weight is 175 g/mol. The van der Waals surface area contributed by atoms with Crippen molar-refractivity contribution in [1.29, 1.82) is 0 Å². The van der Waals surface area contributed by atoms with Crippen molar-refractivity contribution in [2.24, 2.45) is 0 Å². The van der Waals surface area contributed by atoms with E-state index in [0.717, 1.165) is 19.3 Å². The maximum atomic E-state index is 8.82. The quantitative estimate of drug-likeness (QED) is 0.528. The zero-order valence-corrected chi connectivity index (χ0v) is 8.08. The second-order valence-corrected chi connectivity index (χ2v) is 3.12. The maximum absolute atomic E-state index is 8.82. The number of aliphatic hydroxyl groups excluding tert-OH is 2. The highest BCUT2D eigenvalue weighted by Crippen LogP contribution is 2.01. The Bertz CT molecular complexity index is 94.5. The normalized spacial score (nSPS) is 13.8. The van der Waals surface area contributed by atoms with Gasteiger partial charge in [0.05, 0.1) is 19.3 Å². The number of rotatable bonds is 7. The molecule has 12 heavy (non-hydrogen) atoms. The molecule has 0 aromatic carbocycles. The molecule has 0 saturated heterocycles. The Hall–Kier alpha value is -0.120. The van der Waals surface area contributed by atoms with Gasteiger partial charge in [-0.3, -0.25) is 0 Å². The minimum absolute atomic E-state index is 0.0106. The van der Waals surface area contributed by atoms with Gasteiger partial charge >= 0.3 is 0 Å². The van der Waals surface area contributed by atoms with Crippen LogP contribution >= 0.6 is 0 Å². The third-order valence-corrected chi connectivity index (χ3v) is 2.04. The Balaban J connectivity index is 3.65. The summed E-state index contributed by atoms with van der Waals surface area (Å²) in [5.74, 6) is 0. The van der Waals surface area contributed by atoms with Crippen LogP contribution in [0.3, 0.4) is 0 Å². The summed E-state index contributed by atoms with van der Waals surface area (Å²) in [6, 6.07) is 0.279. The number of hydrogen-bond acceptors (Lipinski definition) is 3. The van der Waals surface area contributed by atoms with Gasteiger partial charge in [0.2, 0.25) is 0 Å². The van der Waals surface area contributed by atoms with E-state index in [1.54, 1.807) is 0 Å². The van der Waals surface area contributed by atoms with Crippen molar-refractivity contribution in [1.82, 2.24) is 5.32 Å². The monoisotopic (exact) mass is 175 g/mol. The zero-order chi connectivity index (χ0) is 9.40. The smallest absolute Gasteiger partial charge is 0.0607 e. The second kappa shape index (κ2) is 7.53. The molecule has 0 amide bonds. The SMILES string of the molecule is CCCC(CC)NC(CO)CO. The molecule has 0 spiro atoms. The predicted octanol–water partition coefficient (Wildman–Crippen LogP) is 0.508. The van der Waals surface area contributed by atoms with Gasteiger partial charge in [-0.1, -0.05) is 20.3 Å². The van der Waals surface area contributed by atoms with Crippen molar-refractivity contribution in [2.75, 3.05) is 13.2 Å². The first-order valence-electron chi connectivity index (χ1n) is 4.76. The van der Waals surface area contributed by atoms with E-state index in [0.29, 0.717) is 6.04 Å². The number of aliphatic hydroxyl groups is 2. The molecule has 0 aromatic rings. The zero-order valence-electron chi connectivity index (χ0n) is 8.08. The molecule has 0 aliphatic carbocycles. The summed E-state index contributed by atoms with van der Waals surface area (Å²) in [5.41, 5.74) is 0. The van der Waals surface area contributed by atoms with Crippen LogP contribution in [0.5, 0.6) is 0 Å². The van der Waals surface area contributed by atoms with E-state index in [1.165, 1.54) is 0 Å². The summed E-state index contributed by atoms with van der Waals surface area (Å²) in [6.07, 6.45) is 3.28. The van der Waals surface area contributed by atoms with E-state index in [1.807, 2.05) is 0 Å². The molecule has 0 fully saturated rings. The van der Waals surface area contributed by atoms with E-state index >= 15 is 0 Å². The summed E-state index contributed by atoms with van der Waals surface area (Å²) in [5, 5.41) is 20.8. The van der Waals surface area contributed by atoms with Gasteiger partial charge in [-0.05, 0) is 12.8 Å². The fraction of sp³-hybridized carbons (Fsp3) is 1.00. The highest BCUT2D eigenvalue weighted by molar-refractivity contribution is 4.71. The molecule has 0 heterocycles. The summed E-state index contributed by atoms with van der Waals surface area (Å²) in [7, 11) is 0. The summed E-state index contributed by atoms with van der Waals surface area (Å²) in [6.45, 7) is 4.27. The van der Waals surface area contributed by atoms with Crippen molar-refractivity contribution >= 4 is 0 Å². The minimum atomic E-state index is -0.151. The van der Waals surface area contributed by atoms with Gasteiger partial charge in [-0.2, -0.15) is 0 Å². The molecular formula is C9H21NO2. The third-order valence-electron chi connectivity index (χ3n) is 2.04. The van der Waals surface area contributed by atoms with Crippen LogP contribution < -0.4 is 5.32 Å². The molecule has 0 aromatic heterocycles. The first-order chi connectivity index (χ1) is 5.78. The van der Waals surface area contributed by atoms with Gasteiger partial charge in [-0.25, -0.2) is 0 Å². The lowest BCUT2D eigenvalue weighted by molar-refractivity contribution is 0.159. The summed E-state index contributed by atoms with van der Waals surface area (Å²) in [4.78, 5) is 0. The highest BCUT2D eigenvalue weighted by atomic mass is 16.3. The Labute approximate surface area is 74.8 Å². The van der Waals surface area contributed by atoms with Crippen LogP contribution in [0, 0.1) is 0 Å². The molecule has 0 bridgehead atoms. The van der Waals surface area contributed by atoms with E-state index in [4.69, 9.17) is 10.2 Å². The average Bonchev–Trinajstić information content (AvgIpc) is 2.12. The Kier molecular flexibility index (Phi) is 7.45. The number of nitrogens with one attached hydrogen (secondary N) is 1.